The smallest absolute Gasteiger partial charge is 0.248 e. The number of carbonyl (C=O) groups excluding carboxylic acids is 1. The van der Waals surface area contributed by atoms with E-state index in [1.807, 2.05) is 48.0 Å². The molecule has 4 heteroatoms. The van der Waals surface area contributed by atoms with Crippen LogP contribution >= 0.6 is 0 Å². The number of hydrogen-bond donors (Lipinski definition) is 1. The SMILES string of the molecule is Cn1c(-c2ccccc2)nc2ccc(C(N)=O)cc21. The maximum Gasteiger partial charge on any atom is 0.248 e. The van der Waals surface area contributed by atoms with Gasteiger partial charge in [-0.2, -0.15) is 0 Å². The van der Waals surface area contributed by atoms with E-state index in [1.54, 1.807) is 12.1 Å². The number of amides is 1. The van der Waals surface area contributed by atoms with Crippen molar-refractivity contribution in [1.82, 2.24) is 9.55 Å². The van der Waals surface area contributed by atoms with Crippen molar-refractivity contribution in [1.29, 1.82) is 0 Å². The lowest BCUT2D eigenvalue weighted by Gasteiger charge is -2.02. The summed E-state index contributed by atoms with van der Waals surface area (Å²) in [5, 5.41) is 0. The van der Waals surface area contributed by atoms with Crippen molar-refractivity contribution in [3.05, 3.63) is 54.1 Å². The Kier molecular flexibility index (Phi) is 2.56. The van der Waals surface area contributed by atoms with Gasteiger partial charge < -0.3 is 10.3 Å². The van der Waals surface area contributed by atoms with Gasteiger partial charge in [0.15, 0.2) is 0 Å². The topological polar surface area (TPSA) is 60.9 Å². The number of carbonyl (C=O) groups is 1. The molecule has 0 saturated heterocycles. The van der Waals surface area contributed by atoms with E-state index in [4.69, 9.17) is 5.73 Å². The predicted molar refractivity (Wildman–Crippen MR) is 74.7 cm³/mol. The first-order valence-corrected chi connectivity index (χ1v) is 5.98. The van der Waals surface area contributed by atoms with E-state index in [0.717, 1.165) is 22.4 Å². The normalized spacial score (nSPS) is 10.8. The average Bonchev–Trinajstić information content (AvgIpc) is 2.77. The fraction of sp³-hybridized carbons (Fsp3) is 0.0667. The van der Waals surface area contributed by atoms with Gasteiger partial charge in [0.25, 0.3) is 0 Å². The Balaban J connectivity index is 2.24. The number of fused-ring (bicyclic) bond motifs is 1. The highest BCUT2D eigenvalue weighted by Crippen LogP contribution is 2.24. The van der Waals surface area contributed by atoms with Crippen LogP contribution in [-0.4, -0.2) is 15.5 Å². The van der Waals surface area contributed by atoms with E-state index < -0.39 is 5.91 Å². The molecule has 0 aliphatic rings. The first kappa shape index (κ1) is 11.5. The number of nitrogens with zero attached hydrogens (tertiary/aromatic N) is 2. The van der Waals surface area contributed by atoms with Crippen molar-refractivity contribution < 1.29 is 4.79 Å². The molecule has 1 heterocycles. The van der Waals surface area contributed by atoms with E-state index in [1.165, 1.54) is 0 Å². The third-order valence-corrected chi connectivity index (χ3v) is 3.20. The number of nitrogens with two attached hydrogens (primary N) is 1. The molecule has 2 N–H and O–H groups in total. The Morgan fingerprint density at radius 3 is 2.58 bits per heavy atom. The van der Waals surface area contributed by atoms with Crippen LogP contribution in [0.2, 0.25) is 0 Å². The van der Waals surface area contributed by atoms with Crippen LogP contribution in [0.1, 0.15) is 10.4 Å². The van der Waals surface area contributed by atoms with Crippen molar-refractivity contribution in [2.24, 2.45) is 12.8 Å². The third kappa shape index (κ3) is 1.87. The number of hydrogen-bond acceptors (Lipinski definition) is 2. The van der Waals surface area contributed by atoms with Crippen molar-refractivity contribution in [2.45, 2.75) is 0 Å². The maximum atomic E-state index is 11.2. The summed E-state index contributed by atoms with van der Waals surface area (Å²) < 4.78 is 1.97. The molecular formula is C15H13N3O. The van der Waals surface area contributed by atoms with Crippen LogP contribution in [0.3, 0.4) is 0 Å². The standard InChI is InChI=1S/C15H13N3O/c1-18-13-9-11(14(16)19)7-8-12(13)17-15(18)10-5-3-2-4-6-10/h2-9H,1H3,(H2,16,19). The van der Waals surface area contributed by atoms with Gasteiger partial charge in [0.05, 0.1) is 11.0 Å². The summed E-state index contributed by atoms with van der Waals surface area (Å²) in [6.45, 7) is 0. The van der Waals surface area contributed by atoms with Gasteiger partial charge >= 0.3 is 0 Å². The Morgan fingerprint density at radius 1 is 1.16 bits per heavy atom. The largest absolute Gasteiger partial charge is 0.366 e. The van der Waals surface area contributed by atoms with Crippen molar-refractivity contribution in [3.8, 4) is 11.4 Å². The molecule has 0 radical (unpaired) electrons. The van der Waals surface area contributed by atoms with Crippen LogP contribution in [0.4, 0.5) is 0 Å². The van der Waals surface area contributed by atoms with Gasteiger partial charge in [0, 0.05) is 18.2 Å². The summed E-state index contributed by atoms with van der Waals surface area (Å²) >= 11 is 0. The monoisotopic (exact) mass is 251 g/mol. The molecule has 0 aliphatic heterocycles. The molecule has 1 aromatic heterocycles. The molecule has 0 saturated carbocycles. The molecule has 3 rings (SSSR count). The van der Waals surface area contributed by atoms with Gasteiger partial charge in [-0.15, -0.1) is 0 Å². The zero-order valence-corrected chi connectivity index (χ0v) is 10.5. The lowest BCUT2D eigenvalue weighted by molar-refractivity contribution is 0.100. The molecule has 0 spiro atoms. The van der Waals surface area contributed by atoms with Crippen LogP contribution in [0, 0.1) is 0 Å². The van der Waals surface area contributed by atoms with Crippen molar-refractivity contribution >= 4 is 16.9 Å². The van der Waals surface area contributed by atoms with Gasteiger partial charge in [-0.25, -0.2) is 4.98 Å². The van der Waals surface area contributed by atoms with Gasteiger partial charge in [0.2, 0.25) is 5.91 Å². The summed E-state index contributed by atoms with van der Waals surface area (Å²) in [6.07, 6.45) is 0. The van der Waals surface area contributed by atoms with Crippen LogP contribution in [0.5, 0.6) is 0 Å². The summed E-state index contributed by atoms with van der Waals surface area (Å²) in [4.78, 5) is 15.8. The summed E-state index contributed by atoms with van der Waals surface area (Å²) in [5.41, 5.74) is 8.59. The van der Waals surface area contributed by atoms with Crippen LogP contribution in [-0.2, 0) is 7.05 Å². The molecule has 0 bridgehead atoms. The Hall–Kier alpha value is -2.62. The van der Waals surface area contributed by atoms with Gasteiger partial charge in [-0.05, 0) is 18.2 Å². The second kappa shape index (κ2) is 4.24. The number of imidazole rings is 1. The number of primary amides is 1. The molecule has 94 valence electrons. The number of benzene rings is 2. The quantitative estimate of drug-likeness (QED) is 0.760. The molecule has 0 fully saturated rings. The van der Waals surface area contributed by atoms with Crippen LogP contribution < -0.4 is 5.73 Å². The molecule has 1 amide bonds. The van der Waals surface area contributed by atoms with Crippen molar-refractivity contribution in [3.63, 3.8) is 0 Å². The molecule has 0 unspecified atom stereocenters. The average molecular weight is 251 g/mol. The molecule has 4 nitrogen and oxygen atoms in total. The highest BCUT2D eigenvalue weighted by atomic mass is 16.1. The minimum Gasteiger partial charge on any atom is -0.366 e. The number of rotatable bonds is 2. The second-order valence-corrected chi connectivity index (χ2v) is 4.43. The third-order valence-electron chi connectivity index (χ3n) is 3.20. The van der Waals surface area contributed by atoms with Gasteiger partial charge in [-0.3, -0.25) is 4.79 Å². The minimum absolute atomic E-state index is 0.427. The first-order valence-electron chi connectivity index (χ1n) is 5.98. The fourth-order valence-corrected chi connectivity index (χ4v) is 2.19. The van der Waals surface area contributed by atoms with E-state index in [9.17, 15) is 4.79 Å². The minimum atomic E-state index is -0.427. The Bertz CT molecular complexity index is 760. The van der Waals surface area contributed by atoms with E-state index in [2.05, 4.69) is 4.98 Å². The van der Waals surface area contributed by atoms with Crippen molar-refractivity contribution in [2.75, 3.05) is 0 Å². The molecular weight excluding hydrogens is 238 g/mol. The molecule has 3 aromatic rings. The Labute approximate surface area is 110 Å². The molecule has 19 heavy (non-hydrogen) atoms. The number of aromatic nitrogens is 2. The lowest BCUT2D eigenvalue weighted by atomic mass is 10.2. The van der Waals surface area contributed by atoms with Crippen LogP contribution in [0.15, 0.2) is 48.5 Å². The number of aryl methyl sites for hydroxylation is 1. The molecule has 0 aliphatic carbocycles. The molecule has 2 aromatic carbocycles. The summed E-state index contributed by atoms with van der Waals surface area (Å²) in [7, 11) is 1.93. The predicted octanol–water partition coefficient (Wildman–Crippen LogP) is 2.34. The van der Waals surface area contributed by atoms with Gasteiger partial charge in [-0.1, -0.05) is 30.3 Å². The lowest BCUT2D eigenvalue weighted by Crippen LogP contribution is -2.10. The van der Waals surface area contributed by atoms with Crippen LogP contribution in [0.25, 0.3) is 22.4 Å². The highest BCUT2D eigenvalue weighted by Gasteiger charge is 2.11. The maximum absolute atomic E-state index is 11.2. The first-order chi connectivity index (χ1) is 9.16. The second-order valence-electron chi connectivity index (χ2n) is 4.43. The zero-order chi connectivity index (χ0) is 13.4. The fourth-order valence-electron chi connectivity index (χ4n) is 2.19. The van der Waals surface area contributed by atoms with E-state index in [-0.39, 0.29) is 0 Å². The van der Waals surface area contributed by atoms with E-state index in [0.29, 0.717) is 5.56 Å². The zero-order valence-electron chi connectivity index (χ0n) is 10.5. The van der Waals surface area contributed by atoms with Gasteiger partial charge in [0.1, 0.15) is 5.82 Å². The Morgan fingerprint density at radius 2 is 1.89 bits per heavy atom. The summed E-state index contributed by atoms with van der Waals surface area (Å²) in [6, 6.07) is 15.2. The molecule has 0 atom stereocenters. The van der Waals surface area contributed by atoms with E-state index >= 15 is 0 Å². The highest BCUT2D eigenvalue weighted by molar-refractivity contribution is 5.96. The summed E-state index contributed by atoms with van der Waals surface area (Å²) in [5.74, 6) is 0.446.